The first-order valence-electron chi connectivity index (χ1n) is 8.62. The van der Waals surface area contributed by atoms with Gasteiger partial charge in [-0.2, -0.15) is 5.26 Å². The highest BCUT2D eigenvalue weighted by Gasteiger charge is 2.19. The number of aromatic carboxylic acids is 1. The molecule has 0 radical (unpaired) electrons. The molecule has 0 atom stereocenters. The number of sulfone groups is 1. The van der Waals surface area contributed by atoms with Gasteiger partial charge in [0, 0.05) is 6.20 Å². The van der Waals surface area contributed by atoms with Gasteiger partial charge in [0.25, 0.3) is 5.91 Å². The normalized spacial score (nSPS) is 10.8. The van der Waals surface area contributed by atoms with E-state index in [0.29, 0.717) is 5.56 Å². The number of nitrogens with one attached hydrogen (secondary N) is 1. The predicted octanol–water partition coefficient (Wildman–Crippen LogP) is 2.88. The fourth-order valence-corrected chi connectivity index (χ4v) is 3.93. The molecule has 0 aliphatic rings. The third-order valence-corrected chi connectivity index (χ3v) is 5.74. The van der Waals surface area contributed by atoms with Crippen LogP contribution in [0.3, 0.4) is 0 Å². The molecule has 0 unspecified atom stereocenters. The maximum Gasteiger partial charge on any atom is 0.337 e. The fraction of sp³-hybridized carbons (Fsp3) is 0.0476. The van der Waals surface area contributed by atoms with Crippen molar-refractivity contribution in [1.82, 2.24) is 4.98 Å². The number of hydrogen-bond donors (Lipinski definition) is 2. The molecule has 1 amide bonds. The second-order valence-corrected chi connectivity index (χ2v) is 8.20. The number of amides is 1. The standard InChI is InChI=1S/C21H15N3O5S/c22-11-15-6-8-18(17(10-15)21(26)27)24-20(25)16-7-9-19(23-12-16)30(28,29)13-14-4-2-1-3-5-14/h1-10,12H,13H2,(H,24,25)(H,26,27). The lowest BCUT2D eigenvalue weighted by Crippen LogP contribution is -2.16. The Hall–Kier alpha value is -4.03. The highest BCUT2D eigenvalue weighted by atomic mass is 32.2. The van der Waals surface area contributed by atoms with Crippen LogP contribution in [0.15, 0.2) is 71.9 Å². The minimum absolute atomic E-state index is 0.00674. The Bertz CT molecular complexity index is 1250. The summed E-state index contributed by atoms with van der Waals surface area (Å²) in [5, 5.41) is 20.4. The van der Waals surface area contributed by atoms with Gasteiger partial charge in [-0.15, -0.1) is 0 Å². The van der Waals surface area contributed by atoms with Crippen LogP contribution >= 0.6 is 0 Å². The molecule has 1 heterocycles. The van der Waals surface area contributed by atoms with E-state index in [1.165, 1.54) is 24.3 Å². The van der Waals surface area contributed by atoms with E-state index >= 15 is 0 Å². The molecule has 2 aromatic carbocycles. The molecule has 0 bridgehead atoms. The smallest absolute Gasteiger partial charge is 0.337 e. The lowest BCUT2D eigenvalue weighted by atomic mass is 10.1. The summed E-state index contributed by atoms with van der Waals surface area (Å²) in [4.78, 5) is 27.7. The maximum atomic E-state index is 12.5. The van der Waals surface area contributed by atoms with E-state index in [1.54, 1.807) is 30.3 Å². The van der Waals surface area contributed by atoms with Gasteiger partial charge in [0.2, 0.25) is 0 Å². The molecule has 0 spiro atoms. The molecule has 1 aromatic heterocycles. The maximum absolute atomic E-state index is 12.5. The quantitative estimate of drug-likeness (QED) is 0.624. The van der Waals surface area contributed by atoms with E-state index in [-0.39, 0.29) is 33.2 Å². The number of pyridine rings is 1. The molecule has 150 valence electrons. The third kappa shape index (κ3) is 4.68. The van der Waals surface area contributed by atoms with Crippen molar-refractivity contribution in [2.45, 2.75) is 10.8 Å². The van der Waals surface area contributed by atoms with E-state index in [9.17, 15) is 23.1 Å². The number of rotatable bonds is 6. The van der Waals surface area contributed by atoms with Crippen LogP contribution in [-0.4, -0.2) is 30.4 Å². The Balaban J connectivity index is 1.79. The summed E-state index contributed by atoms with van der Waals surface area (Å²) in [5.74, 6) is -2.19. The van der Waals surface area contributed by atoms with Gasteiger partial charge in [0.05, 0.1) is 34.2 Å². The van der Waals surface area contributed by atoms with Gasteiger partial charge in [0.1, 0.15) is 0 Å². The minimum Gasteiger partial charge on any atom is -0.478 e. The van der Waals surface area contributed by atoms with Gasteiger partial charge >= 0.3 is 5.97 Å². The summed E-state index contributed by atoms with van der Waals surface area (Å²) in [6, 6.07) is 16.8. The summed E-state index contributed by atoms with van der Waals surface area (Å²) in [5.41, 5.74) is 0.572. The van der Waals surface area contributed by atoms with Gasteiger partial charge in [0.15, 0.2) is 14.9 Å². The molecule has 0 aliphatic heterocycles. The minimum atomic E-state index is -3.69. The highest BCUT2D eigenvalue weighted by molar-refractivity contribution is 7.90. The largest absolute Gasteiger partial charge is 0.478 e. The molecule has 30 heavy (non-hydrogen) atoms. The Kier molecular flexibility index (Phi) is 5.90. The number of anilines is 1. The summed E-state index contributed by atoms with van der Waals surface area (Å²) < 4.78 is 25.0. The number of hydrogen-bond acceptors (Lipinski definition) is 6. The summed E-state index contributed by atoms with van der Waals surface area (Å²) in [7, 11) is -3.69. The number of carbonyl (C=O) groups is 2. The van der Waals surface area contributed by atoms with E-state index < -0.39 is 21.7 Å². The molecule has 3 aromatic rings. The van der Waals surface area contributed by atoms with Crippen molar-refractivity contribution in [3.8, 4) is 6.07 Å². The Morgan fingerprint density at radius 2 is 1.80 bits per heavy atom. The van der Waals surface area contributed by atoms with Crippen LogP contribution in [0, 0.1) is 11.3 Å². The van der Waals surface area contributed by atoms with Crippen molar-refractivity contribution in [3.05, 3.63) is 89.1 Å². The molecule has 3 rings (SSSR count). The van der Waals surface area contributed by atoms with E-state index in [1.807, 2.05) is 6.07 Å². The van der Waals surface area contributed by atoms with Gasteiger partial charge < -0.3 is 10.4 Å². The van der Waals surface area contributed by atoms with E-state index in [0.717, 1.165) is 12.3 Å². The van der Waals surface area contributed by atoms with E-state index in [2.05, 4.69) is 10.3 Å². The Morgan fingerprint density at radius 1 is 1.07 bits per heavy atom. The van der Waals surface area contributed by atoms with Gasteiger partial charge in [-0.3, -0.25) is 4.79 Å². The van der Waals surface area contributed by atoms with Crippen molar-refractivity contribution >= 4 is 27.4 Å². The van der Waals surface area contributed by atoms with Gasteiger partial charge in [-0.05, 0) is 35.9 Å². The van der Waals surface area contributed by atoms with Crippen LogP contribution in [0.2, 0.25) is 0 Å². The zero-order valence-electron chi connectivity index (χ0n) is 15.4. The van der Waals surface area contributed by atoms with Crippen LogP contribution < -0.4 is 5.32 Å². The molecular weight excluding hydrogens is 406 g/mol. The number of carbonyl (C=O) groups excluding carboxylic acids is 1. The number of carboxylic acids is 1. The van der Waals surface area contributed by atoms with Crippen molar-refractivity contribution < 1.29 is 23.1 Å². The molecule has 9 heteroatoms. The lowest BCUT2D eigenvalue weighted by Gasteiger charge is -2.09. The molecule has 8 nitrogen and oxygen atoms in total. The highest BCUT2D eigenvalue weighted by Crippen LogP contribution is 2.19. The molecule has 2 N–H and O–H groups in total. The van der Waals surface area contributed by atoms with Crippen molar-refractivity contribution in [2.75, 3.05) is 5.32 Å². The monoisotopic (exact) mass is 421 g/mol. The number of carboxylic acid groups (broad SMARTS) is 1. The van der Waals surface area contributed by atoms with Crippen LogP contribution in [0.1, 0.15) is 31.8 Å². The zero-order chi connectivity index (χ0) is 21.7. The molecule has 0 fully saturated rings. The van der Waals surface area contributed by atoms with Crippen LogP contribution in [0.25, 0.3) is 0 Å². The molecule has 0 saturated carbocycles. The van der Waals surface area contributed by atoms with E-state index in [4.69, 9.17) is 5.26 Å². The second kappa shape index (κ2) is 8.55. The van der Waals surface area contributed by atoms with Crippen molar-refractivity contribution in [2.24, 2.45) is 0 Å². The SMILES string of the molecule is N#Cc1ccc(NC(=O)c2ccc(S(=O)(=O)Cc3ccccc3)nc2)c(C(=O)O)c1. The first-order valence-corrected chi connectivity index (χ1v) is 10.3. The Morgan fingerprint density at radius 3 is 2.40 bits per heavy atom. The van der Waals surface area contributed by atoms with Crippen LogP contribution in [0.5, 0.6) is 0 Å². The number of aromatic nitrogens is 1. The molecule has 0 aliphatic carbocycles. The average molecular weight is 421 g/mol. The topological polar surface area (TPSA) is 137 Å². The summed E-state index contributed by atoms with van der Waals surface area (Å²) >= 11 is 0. The van der Waals surface area contributed by atoms with Crippen molar-refractivity contribution in [3.63, 3.8) is 0 Å². The summed E-state index contributed by atoms with van der Waals surface area (Å²) in [6.07, 6.45) is 1.11. The fourth-order valence-electron chi connectivity index (χ4n) is 2.66. The van der Waals surface area contributed by atoms with Crippen LogP contribution in [0.4, 0.5) is 5.69 Å². The van der Waals surface area contributed by atoms with Gasteiger partial charge in [-0.1, -0.05) is 30.3 Å². The third-order valence-electron chi connectivity index (χ3n) is 4.14. The first-order chi connectivity index (χ1) is 14.3. The number of nitrogens with zero attached hydrogens (tertiary/aromatic N) is 2. The molecule has 0 saturated heterocycles. The van der Waals surface area contributed by atoms with Crippen molar-refractivity contribution in [1.29, 1.82) is 5.26 Å². The predicted molar refractivity (Wildman–Crippen MR) is 108 cm³/mol. The van der Waals surface area contributed by atoms with Crippen LogP contribution in [-0.2, 0) is 15.6 Å². The first kappa shape index (κ1) is 20.7. The summed E-state index contributed by atoms with van der Waals surface area (Å²) in [6.45, 7) is 0. The number of benzene rings is 2. The number of nitriles is 1. The second-order valence-electron chi connectivity index (χ2n) is 6.26. The zero-order valence-corrected chi connectivity index (χ0v) is 16.3. The Labute approximate surface area is 172 Å². The average Bonchev–Trinajstić information content (AvgIpc) is 2.74. The van der Waals surface area contributed by atoms with Gasteiger partial charge in [-0.25, -0.2) is 18.2 Å². The molecular formula is C21H15N3O5S. The lowest BCUT2D eigenvalue weighted by molar-refractivity contribution is 0.0698.